The SMILES string of the molecule is Cc1cccc(C)c1C[C@@H](N)CO. The lowest BCUT2D eigenvalue weighted by Gasteiger charge is -2.13. The number of benzene rings is 1. The molecule has 0 aromatic heterocycles. The summed E-state index contributed by atoms with van der Waals surface area (Å²) in [5.41, 5.74) is 9.47. The Kier molecular flexibility index (Phi) is 3.46. The molecule has 0 fully saturated rings. The average Bonchev–Trinajstić information content (AvgIpc) is 2.11. The molecule has 0 aliphatic heterocycles. The van der Waals surface area contributed by atoms with Gasteiger partial charge in [0.1, 0.15) is 0 Å². The number of rotatable bonds is 3. The van der Waals surface area contributed by atoms with Crippen LogP contribution >= 0.6 is 0 Å². The summed E-state index contributed by atoms with van der Waals surface area (Å²) < 4.78 is 0. The summed E-state index contributed by atoms with van der Waals surface area (Å²) in [6.45, 7) is 4.20. The van der Waals surface area contributed by atoms with Crippen molar-refractivity contribution in [3.63, 3.8) is 0 Å². The summed E-state index contributed by atoms with van der Waals surface area (Å²) >= 11 is 0. The molecule has 0 spiro atoms. The second kappa shape index (κ2) is 4.40. The maximum Gasteiger partial charge on any atom is 0.0585 e. The van der Waals surface area contributed by atoms with Crippen LogP contribution in [0.5, 0.6) is 0 Å². The third-order valence-electron chi connectivity index (χ3n) is 2.35. The zero-order valence-corrected chi connectivity index (χ0v) is 8.25. The number of nitrogens with two attached hydrogens (primary N) is 1. The molecule has 0 aliphatic rings. The predicted molar refractivity (Wildman–Crippen MR) is 54.7 cm³/mol. The van der Waals surface area contributed by atoms with Crippen LogP contribution in [0, 0.1) is 13.8 Å². The van der Waals surface area contributed by atoms with Gasteiger partial charge in [0.15, 0.2) is 0 Å². The van der Waals surface area contributed by atoms with Crippen LogP contribution < -0.4 is 5.73 Å². The van der Waals surface area contributed by atoms with Gasteiger partial charge in [-0.25, -0.2) is 0 Å². The fourth-order valence-electron chi connectivity index (χ4n) is 1.50. The zero-order chi connectivity index (χ0) is 9.84. The third kappa shape index (κ3) is 2.54. The molecule has 0 radical (unpaired) electrons. The Morgan fingerprint density at radius 1 is 1.31 bits per heavy atom. The number of hydrogen-bond acceptors (Lipinski definition) is 2. The van der Waals surface area contributed by atoms with E-state index in [4.69, 9.17) is 10.8 Å². The number of aryl methyl sites for hydroxylation is 2. The molecule has 1 aromatic carbocycles. The first kappa shape index (κ1) is 10.2. The fourth-order valence-corrected chi connectivity index (χ4v) is 1.50. The molecule has 1 aromatic rings. The van der Waals surface area contributed by atoms with E-state index in [1.807, 2.05) is 6.07 Å². The van der Waals surface area contributed by atoms with E-state index < -0.39 is 0 Å². The molecule has 0 saturated heterocycles. The lowest BCUT2D eigenvalue weighted by molar-refractivity contribution is 0.265. The van der Waals surface area contributed by atoms with Crippen molar-refractivity contribution in [2.75, 3.05) is 6.61 Å². The molecular weight excluding hydrogens is 162 g/mol. The summed E-state index contributed by atoms with van der Waals surface area (Å²) in [5, 5.41) is 8.85. The third-order valence-corrected chi connectivity index (χ3v) is 2.35. The van der Waals surface area contributed by atoms with Crippen LogP contribution in [0.4, 0.5) is 0 Å². The van der Waals surface area contributed by atoms with Crippen molar-refractivity contribution in [1.82, 2.24) is 0 Å². The first-order valence-corrected chi connectivity index (χ1v) is 4.56. The van der Waals surface area contributed by atoms with Crippen LogP contribution in [0.25, 0.3) is 0 Å². The van der Waals surface area contributed by atoms with Crippen molar-refractivity contribution in [2.24, 2.45) is 5.73 Å². The van der Waals surface area contributed by atoms with Crippen LogP contribution in [0.3, 0.4) is 0 Å². The molecule has 2 heteroatoms. The molecule has 3 N–H and O–H groups in total. The van der Waals surface area contributed by atoms with Crippen LogP contribution in [-0.2, 0) is 6.42 Å². The molecule has 72 valence electrons. The van der Waals surface area contributed by atoms with Gasteiger partial charge in [0.05, 0.1) is 6.61 Å². The summed E-state index contributed by atoms with van der Waals surface area (Å²) in [6.07, 6.45) is 0.759. The van der Waals surface area contributed by atoms with E-state index in [9.17, 15) is 0 Å². The van der Waals surface area contributed by atoms with Crippen LogP contribution in [-0.4, -0.2) is 17.8 Å². The topological polar surface area (TPSA) is 46.2 Å². The Balaban J connectivity index is 2.87. The molecule has 13 heavy (non-hydrogen) atoms. The van der Waals surface area contributed by atoms with Crippen molar-refractivity contribution >= 4 is 0 Å². The van der Waals surface area contributed by atoms with Gasteiger partial charge in [-0.1, -0.05) is 18.2 Å². The monoisotopic (exact) mass is 179 g/mol. The van der Waals surface area contributed by atoms with Gasteiger partial charge in [-0.15, -0.1) is 0 Å². The maximum atomic E-state index is 8.85. The van der Waals surface area contributed by atoms with Crippen molar-refractivity contribution in [3.05, 3.63) is 34.9 Å². The molecule has 0 unspecified atom stereocenters. The lowest BCUT2D eigenvalue weighted by atomic mass is 9.97. The summed E-state index contributed by atoms with van der Waals surface area (Å²) in [6, 6.07) is 6.05. The van der Waals surface area contributed by atoms with Crippen molar-refractivity contribution in [2.45, 2.75) is 26.3 Å². The van der Waals surface area contributed by atoms with Crippen molar-refractivity contribution in [3.8, 4) is 0 Å². The Morgan fingerprint density at radius 3 is 2.31 bits per heavy atom. The summed E-state index contributed by atoms with van der Waals surface area (Å²) in [7, 11) is 0. The highest BCUT2D eigenvalue weighted by atomic mass is 16.3. The van der Waals surface area contributed by atoms with Gasteiger partial charge in [-0.05, 0) is 37.0 Å². The molecule has 0 amide bonds. The van der Waals surface area contributed by atoms with Gasteiger partial charge < -0.3 is 10.8 Å². The minimum Gasteiger partial charge on any atom is -0.395 e. The van der Waals surface area contributed by atoms with Crippen LogP contribution in [0.15, 0.2) is 18.2 Å². The molecule has 0 heterocycles. The van der Waals surface area contributed by atoms with Gasteiger partial charge >= 0.3 is 0 Å². The molecule has 0 aliphatic carbocycles. The van der Waals surface area contributed by atoms with E-state index in [1.54, 1.807) is 0 Å². The molecular formula is C11H17NO. The minimum absolute atomic E-state index is 0.0494. The molecule has 1 rings (SSSR count). The van der Waals surface area contributed by atoms with Gasteiger partial charge in [-0.2, -0.15) is 0 Å². The molecule has 0 bridgehead atoms. The second-order valence-corrected chi connectivity index (χ2v) is 3.52. The largest absolute Gasteiger partial charge is 0.395 e. The Labute approximate surface area is 79.4 Å². The predicted octanol–water partition coefficient (Wildman–Crippen LogP) is 1.17. The van der Waals surface area contributed by atoms with Crippen molar-refractivity contribution < 1.29 is 5.11 Å². The first-order chi connectivity index (χ1) is 6.15. The van der Waals surface area contributed by atoms with E-state index in [2.05, 4.69) is 26.0 Å². The average molecular weight is 179 g/mol. The lowest BCUT2D eigenvalue weighted by Crippen LogP contribution is -2.27. The Morgan fingerprint density at radius 2 is 1.85 bits per heavy atom. The standard InChI is InChI=1S/C11H17NO/c1-8-4-3-5-9(2)11(8)6-10(12)7-13/h3-5,10,13H,6-7,12H2,1-2H3/t10-/m1/s1. The molecule has 1 atom stereocenters. The fraction of sp³-hybridized carbons (Fsp3) is 0.455. The number of hydrogen-bond donors (Lipinski definition) is 2. The minimum atomic E-state index is -0.139. The zero-order valence-electron chi connectivity index (χ0n) is 8.25. The van der Waals surface area contributed by atoms with Crippen LogP contribution in [0.2, 0.25) is 0 Å². The number of aliphatic hydroxyl groups is 1. The number of aliphatic hydroxyl groups excluding tert-OH is 1. The van der Waals surface area contributed by atoms with Gasteiger partial charge in [0.2, 0.25) is 0 Å². The van der Waals surface area contributed by atoms with Gasteiger partial charge in [0.25, 0.3) is 0 Å². The van der Waals surface area contributed by atoms with Gasteiger partial charge in [-0.3, -0.25) is 0 Å². The van der Waals surface area contributed by atoms with E-state index in [0.29, 0.717) is 0 Å². The second-order valence-electron chi connectivity index (χ2n) is 3.52. The highest BCUT2D eigenvalue weighted by molar-refractivity contribution is 5.34. The summed E-state index contributed by atoms with van der Waals surface area (Å²) in [4.78, 5) is 0. The smallest absolute Gasteiger partial charge is 0.0585 e. The molecule has 2 nitrogen and oxygen atoms in total. The quantitative estimate of drug-likeness (QED) is 0.731. The van der Waals surface area contributed by atoms with Gasteiger partial charge in [0, 0.05) is 6.04 Å². The normalized spacial score (nSPS) is 12.9. The maximum absolute atomic E-state index is 8.85. The highest BCUT2D eigenvalue weighted by Gasteiger charge is 2.06. The Bertz CT molecular complexity index is 263. The van der Waals surface area contributed by atoms with E-state index in [1.165, 1.54) is 16.7 Å². The van der Waals surface area contributed by atoms with Crippen LogP contribution in [0.1, 0.15) is 16.7 Å². The first-order valence-electron chi connectivity index (χ1n) is 4.56. The Hall–Kier alpha value is -0.860. The van der Waals surface area contributed by atoms with Crippen molar-refractivity contribution in [1.29, 1.82) is 0 Å². The summed E-state index contributed by atoms with van der Waals surface area (Å²) in [5.74, 6) is 0. The molecule has 0 saturated carbocycles. The highest BCUT2D eigenvalue weighted by Crippen LogP contribution is 2.14. The van der Waals surface area contributed by atoms with E-state index >= 15 is 0 Å². The van der Waals surface area contributed by atoms with E-state index in [0.717, 1.165) is 6.42 Å². The van der Waals surface area contributed by atoms with E-state index in [-0.39, 0.29) is 12.6 Å².